The molecule has 1 aliphatic heterocycles. The van der Waals surface area contributed by atoms with Gasteiger partial charge in [0.1, 0.15) is 0 Å². The molecule has 2 fully saturated rings. The lowest BCUT2D eigenvalue weighted by molar-refractivity contribution is 0.299. The normalized spacial score (nSPS) is 27.7. The lowest BCUT2D eigenvalue weighted by atomic mass is 9.82. The van der Waals surface area contributed by atoms with Crippen LogP contribution in [0, 0.1) is 11.8 Å². The molecule has 2 unspecified atom stereocenters. The monoisotopic (exact) mass is 241 g/mol. The number of H-pyrrole nitrogens is 1. The maximum Gasteiger partial charge on any atom is 0.0651 e. The van der Waals surface area contributed by atoms with Gasteiger partial charge < -0.3 is 4.90 Å². The van der Waals surface area contributed by atoms with Gasteiger partial charge in [-0.1, -0.05) is 12.8 Å². The molecule has 1 aliphatic carbocycles. The van der Waals surface area contributed by atoms with Crippen molar-refractivity contribution in [2.24, 2.45) is 11.8 Å². The van der Waals surface area contributed by atoms with Gasteiger partial charge in [0, 0.05) is 24.2 Å². The van der Waals surface area contributed by atoms with Gasteiger partial charge in [0.15, 0.2) is 0 Å². The molecule has 1 aromatic heterocycles. The molecule has 2 aliphatic rings. The van der Waals surface area contributed by atoms with Crippen LogP contribution in [0.25, 0.3) is 10.9 Å². The lowest BCUT2D eigenvalue weighted by Crippen LogP contribution is -2.19. The van der Waals surface area contributed by atoms with E-state index < -0.39 is 0 Å². The van der Waals surface area contributed by atoms with Crippen LogP contribution in [0.2, 0.25) is 0 Å². The largest absolute Gasteiger partial charge is 0.371 e. The molecule has 0 bridgehead atoms. The third-order valence-corrected chi connectivity index (χ3v) is 4.77. The van der Waals surface area contributed by atoms with Crippen LogP contribution < -0.4 is 4.90 Å². The number of aromatic amines is 1. The van der Waals surface area contributed by atoms with Crippen LogP contribution in [0.3, 0.4) is 0 Å². The van der Waals surface area contributed by atoms with Gasteiger partial charge in [0.2, 0.25) is 0 Å². The van der Waals surface area contributed by atoms with E-state index in [0.29, 0.717) is 0 Å². The average Bonchev–Trinajstić information content (AvgIpc) is 3.04. The highest BCUT2D eigenvalue weighted by molar-refractivity contribution is 5.82. The van der Waals surface area contributed by atoms with Crippen LogP contribution in [0.15, 0.2) is 24.4 Å². The topological polar surface area (TPSA) is 31.9 Å². The van der Waals surface area contributed by atoms with Crippen molar-refractivity contribution < 1.29 is 0 Å². The molecule has 0 radical (unpaired) electrons. The van der Waals surface area contributed by atoms with Crippen molar-refractivity contribution in [1.82, 2.24) is 10.2 Å². The van der Waals surface area contributed by atoms with Crippen molar-refractivity contribution in [2.75, 3.05) is 18.0 Å². The van der Waals surface area contributed by atoms with Gasteiger partial charge in [0.25, 0.3) is 0 Å². The van der Waals surface area contributed by atoms with Crippen LogP contribution in [0.4, 0.5) is 5.69 Å². The molecule has 2 aromatic rings. The van der Waals surface area contributed by atoms with Crippen molar-refractivity contribution >= 4 is 16.6 Å². The van der Waals surface area contributed by atoms with Crippen molar-refractivity contribution in [2.45, 2.75) is 25.7 Å². The maximum atomic E-state index is 4.10. The van der Waals surface area contributed by atoms with E-state index >= 15 is 0 Å². The fourth-order valence-electron chi connectivity index (χ4n) is 3.74. The smallest absolute Gasteiger partial charge is 0.0651 e. The molecule has 3 nitrogen and oxygen atoms in total. The second-order valence-electron chi connectivity index (χ2n) is 5.85. The molecule has 1 N–H and O–H groups in total. The molecular weight excluding hydrogens is 222 g/mol. The lowest BCUT2D eigenvalue weighted by Gasteiger charge is -2.22. The second-order valence-corrected chi connectivity index (χ2v) is 5.85. The molecule has 1 saturated heterocycles. The summed E-state index contributed by atoms with van der Waals surface area (Å²) >= 11 is 0. The second kappa shape index (κ2) is 4.01. The van der Waals surface area contributed by atoms with Gasteiger partial charge in [-0.25, -0.2) is 0 Å². The van der Waals surface area contributed by atoms with Crippen LogP contribution in [-0.4, -0.2) is 23.3 Å². The van der Waals surface area contributed by atoms with E-state index in [-0.39, 0.29) is 0 Å². The van der Waals surface area contributed by atoms with Crippen molar-refractivity contribution in [1.29, 1.82) is 0 Å². The van der Waals surface area contributed by atoms with E-state index in [1.54, 1.807) is 0 Å². The number of rotatable bonds is 1. The van der Waals surface area contributed by atoms with Crippen molar-refractivity contribution in [3.05, 3.63) is 24.4 Å². The fourth-order valence-corrected chi connectivity index (χ4v) is 3.74. The number of benzene rings is 1. The summed E-state index contributed by atoms with van der Waals surface area (Å²) in [4.78, 5) is 2.58. The Hall–Kier alpha value is -1.51. The van der Waals surface area contributed by atoms with Gasteiger partial charge in [-0.05, 0) is 42.9 Å². The zero-order chi connectivity index (χ0) is 11.9. The Balaban J connectivity index is 1.62. The minimum absolute atomic E-state index is 0.943. The van der Waals surface area contributed by atoms with Gasteiger partial charge in [0.05, 0.1) is 11.7 Å². The Morgan fingerprint density at radius 1 is 1.11 bits per heavy atom. The first-order valence-electron chi connectivity index (χ1n) is 7.08. The first-order chi connectivity index (χ1) is 8.90. The fraction of sp³-hybridized carbons (Fsp3) is 0.533. The molecule has 94 valence electrons. The molecule has 18 heavy (non-hydrogen) atoms. The Bertz CT molecular complexity index is 546. The molecule has 4 rings (SSSR count). The van der Waals surface area contributed by atoms with E-state index in [9.17, 15) is 0 Å². The first kappa shape index (κ1) is 10.4. The summed E-state index contributed by atoms with van der Waals surface area (Å²) in [5.74, 6) is 1.89. The number of hydrogen-bond donors (Lipinski definition) is 1. The van der Waals surface area contributed by atoms with Crippen LogP contribution >= 0.6 is 0 Å². The SMILES string of the molecule is c1cc2[nH]ncc2cc1N1CC2CCCCC2C1. The summed E-state index contributed by atoms with van der Waals surface area (Å²) in [6, 6.07) is 6.66. The Labute approximate surface area is 107 Å². The quantitative estimate of drug-likeness (QED) is 0.831. The number of hydrogen-bond acceptors (Lipinski definition) is 2. The van der Waals surface area contributed by atoms with E-state index in [1.807, 2.05) is 6.20 Å². The highest BCUT2D eigenvalue weighted by Crippen LogP contribution is 2.38. The standard InChI is InChI=1S/C15H19N3/c1-2-4-12-10-18(9-11(12)3-1)14-5-6-15-13(7-14)8-16-17-15/h5-8,11-12H,1-4,9-10H2,(H,16,17). The van der Waals surface area contributed by atoms with Gasteiger partial charge in [-0.3, -0.25) is 5.10 Å². The third kappa shape index (κ3) is 1.61. The summed E-state index contributed by atoms with van der Waals surface area (Å²) in [5.41, 5.74) is 2.51. The number of nitrogens with zero attached hydrogens (tertiary/aromatic N) is 2. The molecule has 1 aromatic carbocycles. The van der Waals surface area contributed by atoms with Gasteiger partial charge in [-0.15, -0.1) is 0 Å². The molecular formula is C15H19N3. The van der Waals surface area contributed by atoms with Crippen LogP contribution in [0.1, 0.15) is 25.7 Å². The number of nitrogens with one attached hydrogen (secondary N) is 1. The van der Waals surface area contributed by atoms with E-state index in [0.717, 1.165) is 17.4 Å². The van der Waals surface area contributed by atoms with E-state index in [2.05, 4.69) is 33.3 Å². The molecule has 0 spiro atoms. The average molecular weight is 241 g/mol. The summed E-state index contributed by atoms with van der Waals surface area (Å²) < 4.78 is 0. The zero-order valence-electron chi connectivity index (χ0n) is 10.6. The summed E-state index contributed by atoms with van der Waals surface area (Å²) in [6.07, 6.45) is 7.68. The van der Waals surface area contributed by atoms with Crippen molar-refractivity contribution in [3.8, 4) is 0 Å². The minimum atomic E-state index is 0.943. The molecule has 3 heteroatoms. The maximum absolute atomic E-state index is 4.10. The molecule has 0 amide bonds. The molecule has 1 saturated carbocycles. The Kier molecular flexibility index (Phi) is 2.32. The number of aromatic nitrogens is 2. The van der Waals surface area contributed by atoms with Crippen molar-refractivity contribution in [3.63, 3.8) is 0 Å². The van der Waals surface area contributed by atoms with Gasteiger partial charge >= 0.3 is 0 Å². The zero-order valence-corrected chi connectivity index (χ0v) is 10.6. The minimum Gasteiger partial charge on any atom is -0.371 e. The third-order valence-electron chi connectivity index (χ3n) is 4.77. The predicted octanol–water partition coefficient (Wildman–Crippen LogP) is 3.19. The summed E-state index contributed by atoms with van der Waals surface area (Å²) in [6.45, 7) is 2.52. The Morgan fingerprint density at radius 2 is 1.89 bits per heavy atom. The molecule has 2 heterocycles. The highest BCUT2D eigenvalue weighted by Gasteiger charge is 2.34. The predicted molar refractivity (Wildman–Crippen MR) is 73.8 cm³/mol. The summed E-state index contributed by atoms with van der Waals surface area (Å²) in [7, 11) is 0. The highest BCUT2D eigenvalue weighted by atomic mass is 15.2. The number of anilines is 1. The van der Waals surface area contributed by atoms with E-state index in [4.69, 9.17) is 0 Å². The summed E-state index contributed by atoms with van der Waals surface area (Å²) in [5, 5.41) is 8.34. The first-order valence-corrected chi connectivity index (χ1v) is 7.08. The van der Waals surface area contributed by atoms with Gasteiger partial charge in [-0.2, -0.15) is 5.10 Å². The molecule has 2 atom stereocenters. The van der Waals surface area contributed by atoms with Crippen LogP contribution in [-0.2, 0) is 0 Å². The van der Waals surface area contributed by atoms with Crippen LogP contribution in [0.5, 0.6) is 0 Å². The Morgan fingerprint density at radius 3 is 2.67 bits per heavy atom. The van der Waals surface area contributed by atoms with E-state index in [1.165, 1.54) is 49.8 Å². The number of fused-ring (bicyclic) bond motifs is 2.